The van der Waals surface area contributed by atoms with Gasteiger partial charge >= 0.3 is 0 Å². The number of allylic oxidation sites excluding steroid dienone is 1. The molecule has 7 heteroatoms. The molecular formula is C13H20N4O2S. The van der Waals surface area contributed by atoms with Gasteiger partial charge in [-0.3, -0.25) is 4.79 Å². The van der Waals surface area contributed by atoms with E-state index >= 15 is 0 Å². The molecule has 0 unspecified atom stereocenters. The average Bonchev–Trinajstić information content (AvgIpc) is 2.43. The molecule has 0 aliphatic heterocycles. The van der Waals surface area contributed by atoms with Gasteiger partial charge < -0.3 is 15.4 Å². The van der Waals surface area contributed by atoms with Crippen LogP contribution in [0.1, 0.15) is 24.7 Å². The van der Waals surface area contributed by atoms with E-state index in [1.165, 1.54) is 4.90 Å². The first-order valence-corrected chi connectivity index (χ1v) is 6.61. The maximum absolute atomic E-state index is 11.3. The summed E-state index contributed by atoms with van der Waals surface area (Å²) in [6.45, 7) is 4.47. The largest absolute Gasteiger partial charge is 0.384 e. The lowest BCUT2D eigenvalue weighted by Crippen LogP contribution is -2.21. The Labute approximate surface area is 124 Å². The van der Waals surface area contributed by atoms with Crippen LogP contribution in [-0.4, -0.2) is 35.0 Å². The minimum atomic E-state index is 0.318. The quantitative estimate of drug-likeness (QED) is 0.589. The number of carbonyl (C=O) groups is 1. The highest BCUT2D eigenvalue weighted by Crippen LogP contribution is 2.19. The highest BCUT2D eigenvalue weighted by molar-refractivity contribution is 7.84. The van der Waals surface area contributed by atoms with Crippen LogP contribution in [0.25, 0.3) is 0 Å². The second-order valence-electron chi connectivity index (χ2n) is 4.34. The summed E-state index contributed by atoms with van der Waals surface area (Å²) in [6, 6.07) is 0. The predicted octanol–water partition coefficient (Wildman–Crippen LogP) is 1.52. The number of ether oxygens (including phenoxy) is 1. The number of hydrogen-bond acceptors (Lipinski definition) is 6. The highest BCUT2D eigenvalue weighted by atomic mass is 32.1. The third-order valence-corrected chi connectivity index (χ3v) is 3.43. The Kier molecular flexibility index (Phi) is 6.47. The van der Waals surface area contributed by atoms with E-state index in [1.54, 1.807) is 20.2 Å². The van der Waals surface area contributed by atoms with Crippen molar-refractivity contribution in [2.45, 2.75) is 26.8 Å². The second kappa shape index (κ2) is 7.86. The minimum absolute atomic E-state index is 0.318. The van der Waals surface area contributed by atoms with Crippen LogP contribution in [0.5, 0.6) is 0 Å². The van der Waals surface area contributed by atoms with Gasteiger partial charge in [0, 0.05) is 35.9 Å². The molecular weight excluding hydrogens is 276 g/mol. The molecule has 0 aliphatic carbocycles. The number of thiol groups is 1. The summed E-state index contributed by atoms with van der Waals surface area (Å²) in [4.78, 5) is 21.8. The normalized spacial score (nSPS) is 12.0. The van der Waals surface area contributed by atoms with Gasteiger partial charge in [-0.2, -0.15) is 0 Å². The molecule has 1 aromatic rings. The molecule has 0 spiro atoms. The van der Waals surface area contributed by atoms with Crippen LogP contribution in [0.2, 0.25) is 0 Å². The maximum atomic E-state index is 11.3. The van der Waals surface area contributed by atoms with Crippen LogP contribution in [-0.2, 0) is 16.1 Å². The molecule has 0 saturated heterocycles. The van der Waals surface area contributed by atoms with E-state index in [0.29, 0.717) is 36.8 Å². The van der Waals surface area contributed by atoms with Crippen molar-refractivity contribution in [3.63, 3.8) is 0 Å². The molecule has 110 valence electrons. The molecule has 20 heavy (non-hydrogen) atoms. The van der Waals surface area contributed by atoms with Crippen LogP contribution in [0.4, 0.5) is 5.82 Å². The summed E-state index contributed by atoms with van der Waals surface area (Å²) in [6.07, 6.45) is 3.03. The van der Waals surface area contributed by atoms with Gasteiger partial charge in [0.2, 0.25) is 6.41 Å². The predicted molar refractivity (Wildman–Crippen MR) is 81.0 cm³/mol. The van der Waals surface area contributed by atoms with E-state index in [9.17, 15) is 4.79 Å². The van der Waals surface area contributed by atoms with Crippen molar-refractivity contribution in [2.24, 2.45) is 0 Å². The Hall–Kier alpha value is -1.60. The molecule has 0 fully saturated rings. The molecule has 0 aliphatic rings. The number of nitrogens with zero attached hydrogens (tertiary/aromatic N) is 3. The Morgan fingerprint density at radius 1 is 1.60 bits per heavy atom. The lowest BCUT2D eigenvalue weighted by Gasteiger charge is -2.20. The molecule has 6 nitrogen and oxygen atoms in total. The van der Waals surface area contributed by atoms with E-state index in [4.69, 9.17) is 10.5 Å². The van der Waals surface area contributed by atoms with E-state index in [0.717, 1.165) is 17.0 Å². The van der Waals surface area contributed by atoms with Gasteiger partial charge in [0.15, 0.2) is 0 Å². The van der Waals surface area contributed by atoms with E-state index in [-0.39, 0.29) is 0 Å². The first kappa shape index (κ1) is 16.5. The number of aryl methyl sites for hydroxylation is 1. The number of anilines is 1. The number of carbonyl (C=O) groups excluding carboxylic acids is 1. The fourth-order valence-corrected chi connectivity index (χ4v) is 1.82. The van der Waals surface area contributed by atoms with Crippen molar-refractivity contribution in [3.8, 4) is 0 Å². The summed E-state index contributed by atoms with van der Waals surface area (Å²) in [5.74, 6) is 0.987. The number of rotatable bonds is 7. The third kappa shape index (κ3) is 4.50. The Morgan fingerprint density at radius 2 is 2.30 bits per heavy atom. The van der Waals surface area contributed by atoms with Gasteiger partial charge in [0.1, 0.15) is 11.6 Å². The molecule has 0 atom stereocenters. The Morgan fingerprint density at radius 3 is 2.85 bits per heavy atom. The fraction of sp³-hybridized carbons (Fsp3) is 0.462. The molecule has 1 amide bonds. The molecule has 0 saturated carbocycles. The summed E-state index contributed by atoms with van der Waals surface area (Å²) in [5.41, 5.74) is 7.30. The lowest BCUT2D eigenvalue weighted by atomic mass is 10.2. The molecule has 1 rings (SSSR count). The van der Waals surface area contributed by atoms with Gasteiger partial charge in [-0.1, -0.05) is 0 Å². The maximum Gasteiger partial charge on any atom is 0.214 e. The average molecular weight is 296 g/mol. The van der Waals surface area contributed by atoms with Crippen LogP contribution < -0.4 is 5.73 Å². The van der Waals surface area contributed by atoms with Crippen LogP contribution in [0, 0.1) is 6.92 Å². The van der Waals surface area contributed by atoms with Crippen molar-refractivity contribution in [3.05, 3.63) is 28.2 Å². The molecule has 2 N–H and O–H groups in total. The first-order valence-electron chi connectivity index (χ1n) is 6.17. The summed E-state index contributed by atoms with van der Waals surface area (Å²) in [5, 5.41) is 0. The lowest BCUT2D eigenvalue weighted by molar-refractivity contribution is -0.116. The van der Waals surface area contributed by atoms with Gasteiger partial charge in [-0.05, 0) is 13.8 Å². The molecule has 0 aromatic carbocycles. The summed E-state index contributed by atoms with van der Waals surface area (Å²) < 4.78 is 5.00. The van der Waals surface area contributed by atoms with Crippen LogP contribution >= 0.6 is 12.6 Å². The zero-order valence-corrected chi connectivity index (χ0v) is 12.9. The number of nitrogen functional groups attached to an aromatic ring is 1. The minimum Gasteiger partial charge on any atom is -0.384 e. The van der Waals surface area contributed by atoms with Gasteiger partial charge in [0.05, 0.1) is 13.2 Å². The monoisotopic (exact) mass is 296 g/mol. The van der Waals surface area contributed by atoms with E-state index < -0.39 is 0 Å². The number of hydrogen-bond donors (Lipinski definition) is 2. The van der Waals surface area contributed by atoms with Gasteiger partial charge in [-0.25, -0.2) is 9.97 Å². The van der Waals surface area contributed by atoms with Crippen molar-refractivity contribution >= 4 is 24.9 Å². The fourth-order valence-electron chi connectivity index (χ4n) is 1.60. The smallest absolute Gasteiger partial charge is 0.214 e. The van der Waals surface area contributed by atoms with E-state index in [2.05, 4.69) is 22.6 Å². The molecule has 0 bridgehead atoms. The molecule has 1 heterocycles. The first-order chi connectivity index (χ1) is 9.49. The molecule has 1 aromatic heterocycles. The standard InChI is InChI=1S/C13H20N4O2S/c1-9(12(20)4-5-19-3)17(8-18)7-11-6-15-10(2)16-13(11)14/h6,8,20H,4-5,7H2,1-3H3,(H2,14,15,16)/b12-9-. The number of amides is 1. The van der Waals surface area contributed by atoms with Crippen LogP contribution in [0.15, 0.2) is 16.8 Å². The number of nitrogens with two attached hydrogens (primary N) is 1. The summed E-state index contributed by atoms with van der Waals surface area (Å²) >= 11 is 4.40. The topological polar surface area (TPSA) is 81.3 Å². The van der Waals surface area contributed by atoms with Crippen LogP contribution in [0.3, 0.4) is 0 Å². The van der Waals surface area contributed by atoms with Gasteiger partial charge in [0.25, 0.3) is 0 Å². The SMILES string of the molecule is COCC/C(S)=C(\C)N(C=O)Cc1cnc(C)nc1N. The Bertz CT molecular complexity index is 505. The molecule has 0 radical (unpaired) electrons. The summed E-state index contributed by atoms with van der Waals surface area (Å²) in [7, 11) is 1.62. The highest BCUT2D eigenvalue weighted by Gasteiger charge is 2.12. The second-order valence-corrected chi connectivity index (χ2v) is 4.88. The third-order valence-electron chi connectivity index (χ3n) is 2.88. The number of methoxy groups -OCH3 is 1. The van der Waals surface area contributed by atoms with Crippen molar-refractivity contribution in [1.29, 1.82) is 0 Å². The van der Waals surface area contributed by atoms with Crippen molar-refractivity contribution in [1.82, 2.24) is 14.9 Å². The number of aromatic nitrogens is 2. The van der Waals surface area contributed by atoms with Gasteiger partial charge in [-0.15, -0.1) is 12.6 Å². The zero-order chi connectivity index (χ0) is 15.1. The van der Waals surface area contributed by atoms with E-state index in [1.807, 2.05) is 6.92 Å². The van der Waals surface area contributed by atoms with Crippen molar-refractivity contribution < 1.29 is 9.53 Å². The Balaban J connectivity index is 2.88. The van der Waals surface area contributed by atoms with Crippen molar-refractivity contribution in [2.75, 3.05) is 19.5 Å². The zero-order valence-electron chi connectivity index (χ0n) is 12.0.